The molecule has 1 N–H and O–H groups in total. The van der Waals surface area contributed by atoms with Gasteiger partial charge in [-0.2, -0.15) is 0 Å². The molecule has 5 nitrogen and oxygen atoms in total. The number of aromatic carboxylic acids is 1. The molecule has 0 atom stereocenters. The third-order valence-corrected chi connectivity index (χ3v) is 2.11. The zero-order valence-electron chi connectivity index (χ0n) is 9.94. The minimum Gasteiger partial charge on any atom is -0.871 e. The van der Waals surface area contributed by atoms with Crippen molar-refractivity contribution in [1.82, 2.24) is 0 Å². The summed E-state index contributed by atoms with van der Waals surface area (Å²) < 4.78 is 5.10. The molecule has 17 heavy (non-hydrogen) atoms. The first-order chi connectivity index (χ1) is 7.52. The van der Waals surface area contributed by atoms with Crippen LogP contribution in [0.5, 0.6) is 11.5 Å². The minimum atomic E-state index is -1.34. The number of aryl methyl sites for hydroxylation is 1. The van der Waals surface area contributed by atoms with Crippen LogP contribution in [-0.2, 0) is 0 Å². The summed E-state index contributed by atoms with van der Waals surface area (Å²) in [7, 11) is 0. The van der Waals surface area contributed by atoms with Gasteiger partial charge in [-0.05, 0) is 25.5 Å². The monoisotopic (exact) mass is 262 g/mol. The van der Waals surface area contributed by atoms with Gasteiger partial charge in [0.05, 0.1) is 12.2 Å². The van der Waals surface area contributed by atoms with E-state index in [0.29, 0.717) is 12.9 Å². The van der Waals surface area contributed by atoms with Crippen molar-refractivity contribution in [3.63, 3.8) is 0 Å². The van der Waals surface area contributed by atoms with Gasteiger partial charge < -0.3 is 14.9 Å². The molecular formula is C11H11KO5. The van der Waals surface area contributed by atoms with E-state index in [-0.39, 0.29) is 73.8 Å². The molecule has 0 radical (unpaired) electrons. The molecule has 0 aliphatic carbocycles. The Labute approximate surface area is 141 Å². The van der Waals surface area contributed by atoms with Crippen molar-refractivity contribution < 1.29 is 75.9 Å². The van der Waals surface area contributed by atoms with Crippen LogP contribution in [0.3, 0.4) is 0 Å². The van der Waals surface area contributed by atoms with Crippen molar-refractivity contribution in [2.75, 3.05) is 6.61 Å². The molecule has 0 saturated carbocycles. The second-order valence-electron chi connectivity index (χ2n) is 3.17. The molecule has 86 valence electrons. The molecule has 0 aliphatic heterocycles. The first-order valence-corrected chi connectivity index (χ1v) is 4.68. The predicted molar refractivity (Wildman–Crippen MR) is 54.1 cm³/mol. The van der Waals surface area contributed by atoms with E-state index in [9.17, 15) is 14.7 Å². The average molecular weight is 262 g/mol. The van der Waals surface area contributed by atoms with Crippen LogP contribution in [0.1, 0.15) is 33.2 Å². The van der Waals surface area contributed by atoms with Crippen molar-refractivity contribution in [3.8, 4) is 11.5 Å². The van der Waals surface area contributed by atoms with E-state index in [1.54, 1.807) is 6.92 Å². The summed E-state index contributed by atoms with van der Waals surface area (Å²) in [6.45, 7) is 3.49. The molecule has 0 spiro atoms. The molecule has 0 heterocycles. The number of hydrogen-bond donors (Lipinski definition) is 1. The van der Waals surface area contributed by atoms with E-state index >= 15 is 0 Å². The van der Waals surface area contributed by atoms with Crippen LogP contribution >= 0.6 is 0 Å². The van der Waals surface area contributed by atoms with E-state index < -0.39 is 11.7 Å². The van der Waals surface area contributed by atoms with Crippen LogP contribution in [0, 0.1) is 6.92 Å². The Morgan fingerprint density at radius 3 is 2.59 bits per heavy atom. The third kappa shape index (κ3) is 3.53. The number of ether oxygens (including phenoxy) is 1. The maximum Gasteiger partial charge on any atom is 1.00 e. The van der Waals surface area contributed by atoms with E-state index in [1.165, 1.54) is 13.0 Å². The fourth-order valence-corrected chi connectivity index (χ4v) is 1.42. The quantitative estimate of drug-likeness (QED) is 0.500. The first kappa shape index (κ1) is 16.6. The molecule has 0 unspecified atom stereocenters. The normalized spacial score (nSPS) is 9.29. The van der Waals surface area contributed by atoms with Gasteiger partial charge in [0.1, 0.15) is 5.75 Å². The largest absolute Gasteiger partial charge is 1.00 e. The molecule has 1 aromatic carbocycles. The van der Waals surface area contributed by atoms with Crippen molar-refractivity contribution in [2.24, 2.45) is 0 Å². The predicted octanol–water partition coefficient (Wildman–Crippen LogP) is -2.02. The molecule has 6 heteroatoms. The summed E-state index contributed by atoms with van der Waals surface area (Å²) >= 11 is 0. The van der Waals surface area contributed by atoms with Crippen molar-refractivity contribution in [1.29, 1.82) is 0 Å². The summed E-state index contributed by atoms with van der Waals surface area (Å²) in [4.78, 5) is 21.6. The SMILES string of the molecule is CCOc1cc(C)c(C(=O)O)c([O-])c1C=O.[K+]. The zero-order chi connectivity index (χ0) is 12.3. The fourth-order valence-electron chi connectivity index (χ4n) is 1.42. The number of carbonyl (C=O) groups is 2. The molecule has 0 amide bonds. The molecule has 0 bridgehead atoms. The summed E-state index contributed by atoms with van der Waals surface area (Å²) in [6, 6.07) is 1.39. The Morgan fingerprint density at radius 2 is 2.18 bits per heavy atom. The topological polar surface area (TPSA) is 86.7 Å². The molecule has 0 fully saturated rings. The van der Waals surface area contributed by atoms with E-state index in [2.05, 4.69) is 0 Å². The molecule has 1 aromatic rings. The Bertz CT molecular complexity index is 442. The third-order valence-electron chi connectivity index (χ3n) is 2.11. The molecule has 1 rings (SSSR count). The number of benzene rings is 1. The average Bonchev–Trinajstić information content (AvgIpc) is 2.17. The van der Waals surface area contributed by atoms with Crippen LogP contribution in [0.25, 0.3) is 0 Å². The second-order valence-corrected chi connectivity index (χ2v) is 3.17. The first-order valence-electron chi connectivity index (χ1n) is 4.68. The standard InChI is InChI=1S/C11H12O5.K/c1-3-16-8-4-6(2)9(11(14)15)10(13)7(8)5-12;/h4-5,13H,3H2,1-2H3,(H,14,15);/q;+1/p-1. The summed E-state index contributed by atoms with van der Waals surface area (Å²) in [5, 5.41) is 20.5. The minimum absolute atomic E-state index is 0. The van der Waals surface area contributed by atoms with Gasteiger partial charge in [0.2, 0.25) is 0 Å². The number of hydrogen-bond acceptors (Lipinski definition) is 4. The van der Waals surface area contributed by atoms with Crippen molar-refractivity contribution in [3.05, 3.63) is 22.8 Å². The smallest absolute Gasteiger partial charge is 0.871 e. The number of carboxylic acids is 1. The van der Waals surface area contributed by atoms with Crippen LogP contribution < -0.4 is 61.2 Å². The van der Waals surface area contributed by atoms with Crippen molar-refractivity contribution >= 4 is 12.3 Å². The molecular weight excluding hydrogens is 251 g/mol. The maximum atomic E-state index is 11.7. The van der Waals surface area contributed by atoms with Crippen LogP contribution in [-0.4, -0.2) is 24.0 Å². The number of aldehydes is 1. The zero-order valence-corrected chi connectivity index (χ0v) is 13.1. The molecule has 0 saturated heterocycles. The van der Waals surface area contributed by atoms with Crippen LogP contribution in [0.15, 0.2) is 6.07 Å². The van der Waals surface area contributed by atoms with Gasteiger partial charge in [-0.1, -0.05) is 5.75 Å². The van der Waals surface area contributed by atoms with Gasteiger partial charge in [-0.3, -0.25) is 4.79 Å². The fraction of sp³-hybridized carbons (Fsp3) is 0.273. The molecule has 0 aromatic heterocycles. The summed E-state index contributed by atoms with van der Waals surface area (Å²) in [6.07, 6.45) is 0.319. The number of carbonyl (C=O) groups excluding carboxylic acids is 1. The Balaban J connectivity index is 0.00000256. The van der Waals surface area contributed by atoms with Crippen LogP contribution in [0.4, 0.5) is 0 Å². The van der Waals surface area contributed by atoms with Gasteiger partial charge >= 0.3 is 57.4 Å². The molecule has 0 aliphatic rings. The summed E-state index contributed by atoms with van der Waals surface area (Å²) in [5.41, 5.74) is -0.345. The number of rotatable bonds is 4. The second kappa shape index (κ2) is 7.12. The van der Waals surface area contributed by atoms with E-state index in [1.807, 2.05) is 0 Å². The number of carboxylic acid groups (broad SMARTS) is 1. The van der Waals surface area contributed by atoms with Gasteiger partial charge in [0, 0.05) is 5.56 Å². The Kier molecular flexibility index (Phi) is 6.96. The van der Waals surface area contributed by atoms with Crippen molar-refractivity contribution in [2.45, 2.75) is 13.8 Å². The summed E-state index contributed by atoms with van der Waals surface area (Å²) in [5.74, 6) is -2.01. The van der Waals surface area contributed by atoms with Crippen LogP contribution in [0.2, 0.25) is 0 Å². The van der Waals surface area contributed by atoms with E-state index in [0.717, 1.165) is 0 Å². The Hall–Kier alpha value is -0.404. The Morgan fingerprint density at radius 1 is 1.59 bits per heavy atom. The van der Waals surface area contributed by atoms with Gasteiger partial charge in [-0.15, -0.1) is 0 Å². The van der Waals surface area contributed by atoms with Gasteiger partial charge in [-0.25, -0.2) is 4.79 Å². The maximum absolute atomic E-state index is 11.7. The van der Waals surface area contributed by atoms with Gasteiger partial charge in [0.25, 0.3) is 0 Å². The van der Waals surface area contributed by atoms with E-state index in [4.69, 9.17) is 9.84 Å². The van der Waals surface area contributed by atoms with Gasteiger partial charge in [0.15, 0.2) is 6.29 Å².